The van der Waals surface area contributed by atoms with Crippen LogP contribution in [0.25, 0.3) is 0 Å². The molecule has 0 aromatic heterocycles. The van der Waals surface area contributed by atoms with Crippen LogP contribution in [-0.2, 0) is 16.0 Å². The highest BCUT2D eigenvalue weighted by molar-refractivity contribution is 5.90. The lowest BCUT2D eigenvalue weighted by Gasteiger charge is -2.24. The summed E-state index contributed by atoms with van der Waals surface area (Å²) in [6.07, 6.45) is -2.92. The summed E-state index contributed by atoms with van der Waals surface area (Å²) in [5.74, 6) is -1.71. The SMILES string of the molecule is COc1ccc(CCCNC(=O)C2CCCN2C(=O)C(F)(F)F)cc1. The molecule has 1 fully saturated rings. The lowest BCUT2D eigenvalue weighted by atomic mass is 10.1. The first kappa shape index (κ1) is 19.1. The standard InChI is InChI=1S/C17H21F3N2O3/c1-25-13-8-6-12(7-9-13)4-2-10-21-15(23)14-5-3-11-22(14)16(24)17(18,19)20/h6-9,14H,2-5,10-11H2,1H3,(H,21,23). The van der Waals surface area contributed by atoms with Gasteiger partial charge in [0.15, 0.2) is 0 Å². The fraction of sp³-hybridized carbons (Fsp3) is 0.529. The molecule has 0 spiro atoms. The number of amides is 2. The van der Waals surface area contributed by atoms with E-state index in [-0.39, 0.29) is 13.0 Å². The van der Waals surface area contributed by atoms with Gasteiger partial charge < -0.3 is 15.0 Å². The predicted molar refractivity (Wildman–Crippen MR) is 85.1 cm³/mol. The zero-order valence-corrected chi connectivity index (χ0v) is 13.9. The van der Waals surface area contributed by atoms with Crippen LogP contribution in [0.1, 0.15) is 24.8 Å². The summed E-state index contributed by atoms with van der Waals surface area (Å²) in [4.78, 5) is 24.1. The summed E-state index contributed by atoms with van der Waals surface area (Å²) in [7, 11) is 1.58. The van der Waals surface area contributed by atoms with E-state index in [2.05, 4.69) is 5.32 Å². The maximum absolute atomic E-state index is 12.6. The van der Waals surface area contributed by atoms with Crippen LogP contribution in [0.2, 0.25) is 0 Å². The van der Waals surface area contributed by atoms with E-state index in [0.29, 0.717) is 24.3 Å². The summed E-state index contributed by atoms with van der Waals surface area (Å²) in [6.45, 7) is 0.303. The first-order valence-electron chi connectivity index (χ1n) is 8.11. The Labute approximate surface area is 144 Å². The van der Waals surface area contributed by atoms with Crippen molar-refractivity contribution >= 4 is 11.8 Å². The highest BCUT2D eigenvalue weighted by Crippen LogP contribution is 2.25. The molecule has 25 heavy (non-hydrogen) atoms. The number of methoxy groups -OCH3 is 1. The molecule has 0 saturated carbocycles. The van der Waals surface area contributed by atoms with Crippen molar-refractivity contribution in [3.63, 3.8) is 0 Å². The summed E-state index contributed by atoms with van der Waals surface area (Å²) in [5.41, 5.74) is 1.07. The summed E-state index contributed by atoms with van der Waals surface area (Å²) in [5, 5.41) is 2.63. The fourth-order valence-corrected chi connectivity index (χ4v) is 2.86. The van der Waals surface area contributed by atoms with Crippen molar-refractivity contribution in [1.29, 1.82) is 0 Å². The molecule has 8 heteroatoms. The second-order valence-corrected chi connectivity index (χ2v) is 5.90. The van der Waals surface area contributed by atoms with Crippen LogP contribution < -0.4 is 10.1 Å². The van der Waals surface area contributed by atoms with Gasteiger partial charge in [0.2, 0.25) is 5.91 Å². The third-order valence-electron chi connectivity index (χ3n) is 4.16. The van der Waals surface area contributed by atoms with Gasteiger partial charge in [-0.15, -0.1) is 0 Å². The predicted octanol–water partition coefficient (Wildman–Crippen LogP) is 2.30. The molecular formula is C17H21F3N2O3. The molecule has 0 bridgehead atoms. The molecule has 1 N–H and O–H groups in total. The van der Waals surface area contributed by atoms with Crippen molar-refractivity contribution < 1.29 is 27.5 Å². The van der Waals surface area contributed by atoms with E-state index in [9.17, 15) is 22.8 Å². The number of carbonyl (C=O) groups excluding carboxylic acids is 2. The molecule has 2 rings (SSSR count). The number of ether oxygens (including phenoxy) is 1. The number of likely N-dealkylation sites (tertiary alicyclic amines) is 1. The van der Waals surface area contributed by atoms with E-state index in [1.165, 1.54) is 0 Å². The quantitative estimate of drug-likeness (QED) is 0.794. The minimum absolute atomic E-state index is 0.0394. The number of rotatable bonds is 6. The Balaban J connectivity index is 1.78. The number of alkyl halides is 3. The minimum atomic E-state index is -4.95. The number of hydrogen-bond donors (Lipinski definition) is 1. The van der Waals surface area contributed by atoms with E-state index in [4.69, 9.17) is 4.74 Å². The van der Waals surface area contributed by atoms with Crippen molar-refractivity contribution in [3.8, 4) is 5.75 Å². The van der Waals surface area contributed by atoms with E-state index < -0.39 is 24.0 Å². The largest absolute Gasteiger partial charge is 0.497 e. The Morgan fingerprint density at radius 3 is 2.56 bits per heavy atom. The van der Waals surface area contributed by atoms with Crippen LogP contribution in [0.3, 0.4) is 0 Å². The second-order valence-electron chi connectivity index (χ2n) is 5.90. The maximum atomic E-state index is 12.6. The second kappa shape index (κ2) is 8.22. The number of hydrogen-bond acceptors (Lipinski definition) is 3. The molecule has 1 atom stereocenters. The van der Waals surface area contributed by atoms with Gasteiger partial charge in [-0.05, 0) is 43.4 Å². The van der Waals surface area contributed by atoms with Gasteiger partial charge in [-0.1, -0.05) is 12.1 Å². The zero-order chi connectivity index (χ0) is 18.4. The van der Waals surface area contributed by atoms with Gasteiger partial charge in [0.05, 0.1) is 7.11 Å². The Morgan fingerprint density at radius 2 is 1.96 bits per heavy atom. The fourth-order valence-electron chi connectivity index (χ4n) is 2.86. The highest BCUT2D eigenvalue weighted by Gasteiger charge is 2.47. The van der Waals surface area contributed by atoms with Crippen molar-refractivity contribution in [2.24, 2.45) is 0 Å². The van der Waals surface area contributed by atoms with Gasteiger partial charge in [0.1, 0.15) is 11.8 Å². The molecule has 1 heterocycles. The van der Waals surface area contributed by atoms with Crippen LogP contribution in [0.4, 0.5) is 13.2 Å². The van der Waals surface area contributed by atoms with Gasteiger partial charge in [-0.2, -0.15) is 13.2 Å². The number of carbonyl (C=O) groups is 2. The van der Waals surface area contributed by atoms with Gasteiger partial charge in [0.25, 0.3) is 0 Å². The van der Waals surface area contributed by atoms with Crippen molar-refractivity contribution in [1.82, 2.24) is 10.2 Å². The molecule has 1 saturated heterocycles. The molecule has 2 amide bonds. The van der Waals surface area contributed by atoms with Crippen molar-refractivity contribution in [3.05, 3.63) is 29.8 Å². The number of halogens is 3. The molecule has 1 aromatic carbocycles. The van der Waals surface area contributed by atoms with Gasteiger partial charge in [0, 0.05) is 13.1 Å². The molecule has 138 valence electrons. The molecule has 0 radical (unpaired) electrons. The Bertz CT molecular complexity index is 602. The molecule has 1 aromatic rings. The van der Waals surface area contributed by atoms with Crippen LogP contribution >= 0.6 is 0 Å². The third kappa shape index (κ3) is 5.11. The molecule has 1 aliphatic rings. The average Bonchev–Trinajstić information content (AvgIpc) is 3.07. The van der Waals surface area contributed by atoms with Gasteiger partial charge >= 0.3 is 12.1 Å². The monoisotopic (exact) mass is 358 g/mol. The van der Waals surface area contributed by atoms with Gasteiger partial charge in [-0.3, -0.25) is 9.59 Å². The maximum Gasteiger partial charge on any atom is 0.471 e. The number of nitrogens with zero attached hydrogens (tertiary/aromatic N) is 1. The van der Waals surface area contributed by atoms with E-state index in [0.717, 1.165) is 17.7 Å². The lowest BCUT2D eigenvalue weighted by molar-refractivity contribution is -0.186. The van der Waals surface area contributed by atoms with E-state index >= 15 is 0 Å². The minimum Gasteiger partial charge on any atom is -0.497 e. The highest BCUT2D eigenvalue weighted by atomic mass is 19.4. The first-order chi connectivity index (χ1) is 11.8. The Kier molecular flexibility index (Phi) is 6.27. The smallest absolute Gasteiger partial charge is 0.471 e. The van der Waals surface area contributed by atoms with Gasteiger partial charge in [-0.25, -0.2) is 0 Å². The molecule has 1 unspecified atom stereocenters. The average molecular weight is 358 g/mol. The molecule has 1 aliphatic heterocycles. The molecular weight excluding hydrogens is 337 g/mol. The van der Waals surface area contributed by atoms with E-state index in [1.807, 2.05) is 24.3 Å². The number of aryl methyl sites for hydroxylation is 1. The Hall–Kier alpha value is -2.25. The van der Waals surface area contributed by atoms with Crippen LogP contribution in [0, 0.1) is 0 Å². The Morgan fingerprint density at radius 1 is 1.28 bits per heavy atom. The third-order valence-corrected chi connectivity index (χ3v) is 4.16. The first-order valence-corrected chi connectivity index (χ1v) is 8.11. The summed E-state index contributed by atoms with van der Waals surface area (Å²) < 4.78 is 42.7. The van der Waals surface area contributed by atoms with Crippen LogP contribution in [-0.4, -0.2) is 49.1 Å². The molecule has 5 nitrogen and oxygen atoms in total. The molecule has 0 aliphatic carbocycles. The number of nitrogens with one attached hydrogen (secondary N) is 1. The zero-order valence-electron chi connectivity index (χ0n) is 13.9. The number of benzene rings is 1. The van der Waals surface area contributed by atoms with Crippen LogP contribution in [0.15, 0.2) is 24.3 Å². The van der Waals surface area contributed by atoms with E-state index in [1.54, 1.807) is 7.11 Å². The normalized spacial score (nSPS) is 17.4. The summed E-state index contributed by atoms with van der Waals surface area (Å²) >= 11 is 0. The van der Waals surface area contributed by atoms with Crippen molar-refractivity contribution in [2.75, 3.05) is 20.2 Å². The van der Waals surface area contributed by atoms with Crippen molar-refractivity contribution in [2.45, 2.75) is 37.9 Å². The van der Waals surface area contributed by atoms with Crippen LogP contribution in [0.5, 0.6) is 5.75 Å². The topological polar surface area (TPSA) is 58.6 Å². The lowest BCUT2D eigenvalue weighted by Crippen LogP contribution is -2.50. The summed E-state index contributed by atoms with van der Waals surface area (Å²) in [6, 6.07) is 6.48.